The first-order valence-corrected chi connectivity index (χ1v) is 7.02. The molecule has 1 saturated carbocycles. The van der Waals surface area contributed by atoms with Crippen LogP contribution in [0, 0.1) is 5.82 Å². The van der Waals surface area contributed by atoms with Gasteiger partial charge in [-0.2, -0.15) is 4.98 Å². The molecular formula is C14H15ClFN3O. The molecule has 0 spiro atoms. The van der Waals surface area contributed by atoms with Crippen molar-refractivity contribution in [3.63, 3.8) is 0 Å². The predicted octanol–water partition coefficient (Wildman–Crippen LogP) is 3.05. The minimum Gasteiger partial charge on any atom is -0.339 e. The van der Waals surface area contributed by atoms with Crippen LogP contribution in [0.2, 0.25) is 5.02 Å². The van der Waals surface area contributed by atoms with E-state index in [1.165, 1.54) is 6.07 Å². The van der Waals surface area contributed by atoms with Crippen molar-refractivity contribution in [2.24, 2.45) is 5.73 Å². The summed E-state index contributed by atoms with van der Waals surface area (Å²) in [4.78, 5) is 4.35. The predicted molar refractivity (Wildman–Crippen MR) is 73.1 cm³/mol. The molecule has 1 heterocycles. The Labute approximate surface area is 121 Å². The monoisotopic (exact) mass is 295 g/mol. The average Bonchev–Trinajstić information content (AvgIpc) is 3.04. The largest absolute Gasteiger partial charge is 0.339 e. The highest BCUT2D eigenvalue weighted by Crippen LogP contribution is 2.32. The van der Waals surface area contributed by atoms with Gasteiger partial charge in [0.25, 0.3) is 0 Å². The number of nitrogens with two attached hydrogens (primary N) is 1. The van der Waals surface area contributed by atoms with E-state index in [4.69, 9.17) is 21.9 Å². The average molecular weight is 296 g/mol. The van der Waals surface area contributed by atoms with Crippen molar-refractivity contribution in [2.45, 2.75) is 37.6 Å². The molecule has 6 heteroatoms. The number of benzene rings is 1. The second kappa shape index (κ2) is 5.50. The first kappa shape index (κ1) is 13.5. The van der Waals surface area contributed by atoms with Crippen LogP contribution in [-0.2, 0) is 6.42 Å². The molecule has 1 aromatic carbocycles. The van der Waals surface area contributed by atoms with Gasteiger partial charge in [-0.25, -0.2) is 4.39 Å². The lowest BCUT2D eigenvalue weighted by Gasteiger charge is -2.02. The summed E-state index contributed by atoms with van der Waals surface area (Å²) >= 11 is 5.75. The molecule has 1 aliphatic carbocycles. The Morgan fingerprint density at radius 3 is 3.00 bits per heavy atom. The van der Waals surface area contributed by atoms with Crippen LogP contribution in [-0.4, -0.2) is 16.2 Å². The van der Waals surface area contributed by atoms with E-state index in [-0.39, 0.29) is 23.4 Å². The van der Waals surface area contributed by atoms with E-state index in [0.717, 1.165) is 19.3 Å². The van der Waals surface area contributed by atoms with Crippen LogP contribution in [0.1, 0.15) is 42.5 Å². The highest BCUT2D eigenvalue weighted by molar-refractivity contribution is 6.30. The van der Waals surface area contributed by atoms with Gasteiger partial charge in [0.1, 0.15) is 5.82 Å². The second-order valence-corrected chi connectivity index (χ2v) is 5.62. The van der Waals surface area contributed by atoms with Crippen LogP contribution in [0.3, 0.4) is 0 Å². The van der Waals surface area contributed by atoms with Crippen molar-refractivity contribution in [3.8, 4) is 0 Å². The highest BCUT2D eigenvalue weighted by Gasteiger charge is 2.27. The van der Waals surface area contributed by atoms with Crippen molar-refractivity contribution >= 4 is 11.6 Å². The van der Waals surface area contributed by atoms with E-state index >= 15 is 0 Å². The molecule has 2 atom stereocenters. The van der Waals surface area contributed by atoms with Crippen LogP contribution in [0.4, 0.5) is 4.39 Å². The molecule has 2 aromatic rings. The smallest absolute Gasteiger partial charge is 0.229 e. The van der Waals surface area contributed by atoms with Crippen LogP contribution in [0.25, 0.3) is 0 Å². The van der Waals surface area contributed by atoms with E-state index in [1.807, 2.05) is 0 Å². The highest BCUT2D eigenvalue weighted by atomic mass is 35.5. The molecule has 0 amide bonds. The molecule has 4 nitrogen and oxygen atoms in total. The third-order valence-corrected chi connectivity index (χ3v) is 3.98. The number of hydrogen-bond acceptors (Lipinski definition) is 4. The van der Waals surface area contributed by atoms with E-state index in [0.29, 0.717) is 17.3 Å². The number of aromatic nitrogens is 2. The van der Waals surface area contributed by atoms with Gasteiger partial charge in [-0.15, -0.1) is 0 Å². The van der Waals surface area contributed by atoms with Crippen molar-refractivity contribution in [1.82, 2.24) is 10.1 Å². The van der Waals surface area contributed by atoms with Crippen molar-refractivity contribution in [2.75, 3.05) is 0 Å². The standard InChI is InChI=1S/C14H15ClFN3O/c15-11-3-1-2-8(13(11)16)7-12-18-14(20-19-12)9-4-5-10(17)6-9/h1-3,9-10H,4-7,17H2/t9-,10+/m1/s1. The van der Waals surface area contributed by atoms with Gasteiger partial charge in [-0.05, 0) is 30.9 Å². The van der Waals surface area contributed by atoms with Crippen molar-refractivity contribution < 1.29 is 8.91 Å². The van der Waals surface area contributed by atoms with E-state index in [1.54, 1.807) is 12.1 Å². The Kier molecular flexibility index (Phi) is 3.72. The fourth-order valence-corrected chi connectivity index (χ4v) is 2.80. The quantitative estimate of drug-likeness (QED) is 0.945. The third-order valence-electron chi connectivity index (χ3n) is 3.69. The molecule has 0 radical (unpaired) electrons. The van der Waals surface area contributed by atoms with Gasteiger partial charge in [0, 0.05) is 18.4 Å². The summed E-state index contributed by atoms with van der Waals surface area (Å²) in [5, 5.41) is 4.02. The summed E-state index contributed by atoms with van der Waals surface area (Å²) in [6.45, 7) is 0. The van der Waals surface area contributed by atoms with Gasteiger partial charge in [0.2, 0.25) is 5.89 Å². The SMILES string of the molecule is N[C@H]1CC[C@@H](c2nc(Cc3cccc(Cl)c3F)no2)C1. The van der Waals surface area contributed by atoms with Gasteiger partial charge in [0.05, 0.1) is 5.02 Å². The molecule has 1 fully saturated rings. The third kappa shape index (κ3) is 2.69. The van der Waals surface area contributed by atoms with Gasteiger partial charge in [-0.3, -0.25) is 0 Å². The molecule has 2 N–H and O–H groups in total. The Balaban J connectivity index is 1.76. The molecule has 0 bridgehead atoms. The lowest BCUT2D eigenvalue weighted by molar-refractivity contribution is 0.349. The van der Waals surface area contributed by atoms with Gasteiger partial charge in [-0.1, -0.05) is 28.9 Å². The summed E-state index contributed by atoms with van der Waals surface area (Å²) < 4.78 is 19.1. The fraction of sp³-hybridized carbons (Fsp3) is 0.429. The maximum atomic E-state index is 13.8. The van der Waals surface area contributed by atoms with E-state index in [9.17, 15) is 4.39 Å². The zero-order chi connectivity index (χ0) is 14.1. The number of rotatable bonds is 3. The van der Waals surface area contributed by atoms with Gasteiger partial charge in [0.15, 0.2) is 5.82 Å². The summed E-state index contributed by atoms with van der Waals surface area (Å²) in [6.07, 6.45) is 3.08. The fourth-order valence-electron chi connectivity index (χ4n) is 2.60. The molecule has 3 rings (SSSR count). The maximum Gasteiger partial charge on any atom is 0.229 e. The van der Waals surface area contributed by atoms with Crippen molar-refractivity contribution in [1.29, 1.82) is 0 Å². The zero-order valence-electron chi connectivity index (χ0n) is 10.9. The summed E-state index contributed by atoms with van der Waals surface area (Å²) in [5.41, 5.74) is 6.34. The topological polar surface area (TPSA) is 64.9 Å². The summed E-state index contributed by atoms with van der Waals surface area (Å²) in [6, 6.07) is 5.10. The van der Waals surface area contributed by atoms with Crippen LogP contribution in [0.15, 0.2) is 22.7 Å². The summed E-state index contributed by atoms with van der Waals surface area (Å²) in [7, 11) is 0. The van der Waals surface area contributed by atoms with Crippen LogP contribution < -0.4 is 5.73 Å². The zero-order valence-corrected chi connectivity index (χ0v) is 11.6. The second-order valence-electron chi connectivity index (χ2n) is 5.21. The first-order chi connectivity index (χ1) is 9.63. The summed E-state index contributed by atoms with van der Waals surface area (Å²) in [5.74, 6) is 0.885. The molecule has 0 saturated heterocycles. The van der Waals surface area contributed by atoms with E-state index in [2.05, 4.69) is 10.1 Å². The lowest BCUT2D eigenvalue weighted by atomic mass is 10.1. The minimum atomic E-state index is -0.427. The molecule has 0 aliphatic heterocycles. The molecule has 20 heavy (non-hydrogen) atoms. The first-order valence-electron chi connectivity index (χ1n) is 6.64. The van der Waals surface area contributed by atoms with Crippen LogP contribution in [0.5, 0.6) is 0 Å². The van der Waals surface area contributed by atoms with Gasteiger partial charge >= 0.3 is 0 Å². The Hall–Kier alpha value is -1.46. The minimum absolute atomic E-state index is 0.105. The Bertz CT molecular complexity index is 616. The van der Waals surface area contributed by atoms with E-state index < -0.39 is 5.82 Å². The Morgan fingerprint density at radius 1 is 1.40 bits per heavy atom. The molecule has 1 aliphatic rings. The molecule has 106 valence electrons. The molecule has 0 unspecified atom stereocenters. The normalized spacial score (nSPS) is 22.4. The lowest BCUT2D eigenvalue weighted by Crippen LogP contribution is -2.14. The Morgan fingerprint density at radius 2 is 2.25 bits per heavy atom. The van der Waals surface area contributed by atoms with Gasteiger partial charge < -0.3 is 10.3 Å². The maximum absolute atomic E-state index is 13.8. The number of hydrogen-bond donors (Lipinski definition) is 1. The number of halogens is 2. The van der Waals surface area contributed by atoms with Crippen LogP contribution >= 0.6 is 11.6 Å². The molecule has 1 aromatic heterocycles. The molecular weight excluding hydrogens is 281 g/mol. The number of nitrogens with zero attached hydrogens (tertiary/aromatic N) is 2. The van der Waals surface area contributed by atoms with Crippen molar-refractivity contribution in [3.05, 3.63) is 46.3 Å².